The quantitative estimate of drug-likeness (QED) is 0.731. The molecule has 1 saturated heterocycles. The van der Waals surface area contributed by atoms with E-state index in [1.807, 2.05) is 0 Å². The van der Waals surface area contributed by atoms with Gasteiger partial charge in [-0.05, 0) is 12.2 Å². The van der Waals surface area contributed by atoms with Crippen molar-refractivity contribution in [2.75, 3.05) is 13.3 Å². The Labute approximate surface area is 121 Å². The summed E-state index contributed by atoms with van der Waals surface area (Å²) in [6.07, 6.45) is -4.19. The zero-order valence-electron chi connectivity index (χ0n) is 9.92. The van der Waals surface area contributed by atoms with Crippen LogP contribution in [0.2, 0.25) is 0 Å². The zero-order chi connectivity index (χ0) is 15.1. The molecule has 0 spiro atoms. The Morgan fingerprint density at radius 3 is 2.70 bits per heavy atom. The predicted molar refractivity (Wildman–Crippen MR) is 67.2 cm³/mol. The summed E-state index contributed by atoms with van der Waals surface area (Å²) in [5, 5.41) is 18.7. The van der Waals surface area contributed by atoms with Gasteiger partial charge in [0.15, 0.2) is 16.8 Å². The van der Waals surface area contributed by atoms with Crippen molar-refractivity contribution < 1.29 is 28.1 Å². The Kier molecular flexibility index (Phi) is 4.30. The number of hydrogen-bond donors (Lipinski definition) is 3. The van der Waals surface area contributed by atoms with Gasteiger partial charge in [0.25, 0.3) is 0 Å². The molecule has 5 nitrogen and oxygen atoms in total. The van der Waals surface area contributed by atoms with Crippen LogP contribution >= 0.6 is 24.4 Å². The molecular weight excluding hydrogens is 317 g/mol. The Bertz CT molecular complexity index is 623. The van der Waals surface area contributed by atoms with E-state index in [9.17, 15) is 18.3 Å². The van der Waals surface area contributed by atoms with Gasteiger partial charge in [0.1, 0.15) is 23.5 Å². The van der Waals surface area contributed by atoms with E-state index in [1.54, 1.807) is 0 Å². The van der Waals surface area contributed by atoms with Gasteiger partial charge in [0.2, 0.25) is 5.67 Å². The molecule has 1 fully saturated rings. The number of aromatic nitrogens is 2. The summed E-state index contributed by atoms with van der Waals surface area (Å²) in [5.41, 5.74) is -2.85. The van der Waals surface area contributed by atoms with E-state index in [-0.39, 0.29) is 9.41 Å². The molecule has 0 saturated carbocycles. The van der Waals surface area contributed by atoms with E-state index in [0.717, 1.165) is 10.8 Å². The second-order valence-electron chi connectivity index (χ2n) is 4.36. The fourth-order valence-electron chi connectivity index (χ4n) is 2.03. The molecule has 1 unspecified atom stereocenters. The van der Waals surface area contributed by atoms with Crippen LogP contribution < -0.4 is 0 Å². The minimum Gasteiger partial charge on any atom is -0.394 e. The van der Waals surface area contributed by atoms with Crippen LogP contribution in [-0.2, 0) is 4.74 Å². The summed E-state index contributed by atoms with van der Waals surface area (Å²) < 4.78 is 46.4. The number of aromatic amines is 1. The van der Waals surface area contributed by atoms with Crippen LogP contribution in [-0.4, -0.2) is 50.9 Å². The van der Waals surface area contributed by atoms with Crippen LogP contribution in [0.25, 0.3) is 0 Å². The number of aliphatic hydroxyl groups excluding tert-OH is 2. The molecule has 112 valence electrons. The molecule has 2 rings (SSSR count). The molecule has 10 heteroatoms. The molecule has 1 aliphatic heterocycles. The first kappa shape index (κ1) is 15.6. The van der Waals surface area contributed by atoms with Gasteiger partial charge in [0.05, 0.1) is 6.61 Å². The summed E-state index contributed by atoms with van der Waals surface area (Å²) in [6.45, 7) is -2.31. The number of hydrogen-bond acceptors (Lipinski definition) is 5. The van der Waals surface area contributed by atoms with Crippen molar-refractivity contribution in [3.63, 3.8) is 0 Å². The Morgan fingerprint density at radius 1 is 1.50 bits per heavy atom. The maximum absolute atomic E-state index is 14.5. The van der Waals surface area contributed by atoms with E-state index < -0.39 is 43.2 Å². The lowest BCUT2D eigenvalue weighted by Gasteiger charge is -2.26. The first-order valence-corrected chi connectivity index (χ1v) is 6.37. The molecule has 20 heavy (non-hydrogen) atoms. The average molecular weight is 328 g/mol. The number of alkyl halides is 2. The maximum Gasteiger partial charge on any atom is 0.212 e. The first-order valence-electron chi connectivity index (χ1n) is 5.55. The minimum absolute atomic E-state index is 0.192. The van der Waals surface area contributed by atoms with Crippen LogP contribution in [0.3, 0.4) is 0 Å². The Morgan fingerprint density at radius 2 is 2.15 bits per heavy atom. The van der Waals surface area contributed by atoms with Gasteiger partial charge in [-0.25, -0.2) is 13.2 Å². The number of halogens is 3. The van der Waals surface area contributed by atoms with E-state index in [4.69, 9.17) is 22.1 Å². The highest BCUT2D eigenvalue weighted by atomic mass is 32.1. The summed E-state index contributed by atoms with van der Waals surface area (Å²) in [4.78, 5) is 2.30. The normalized spacial score (nSPS) is 33.5. The molecule has 1 aromatic rings. The van der Waals surface area contributed by atoms with Gasteiger partial charge < -0.3 is 19.9 Å². The van der Waals surface area contributed by atoms with Crippen molar-refractivity contribution in [2.24, 2.45) is 0 Å². The topological polar surface area (TPSA) is 70.4 Å². The molecule has 0 amide bonds. The van der Waals surface area contributed by atoms with Gasteiger partial charge in [-0.15, -0.1) is 0 Å². The number of nitrogens with one attached hydrogen (secondary N) is 1. The molecule has 4 atom stereocenters. The molecule has 0 aromatic carbocycles. The SMILES string of the molecule is OC[C@H]1O[C@@H](n2cc(F)c(=S)[nH]c2=S)C(F)(CF)[C@H]1O. The van der Waals surface area contributed by atoms with Crippen LogP contribution in [0.1, 0.15) is 6.23 Å². The minimum atomic E-state index is -2.85. The lowest BCUT2D eigenvalue weighted by molar-refractivity contribution is -0.0728. The van der Waals surface area contributed by atoms with E-state index in [0.29, 0.717) is 0 Å². The van der Waals surface area contributed by atoms with Crippen molar-refractivity contribution in [1.29, 1.82) is 0 Å². The van der Waals surface area contributed by atoms with Gasteiger partial charge >= 0.3 is 0 Å². The van der Waals surface area contributed by atoms with Crippen molar-refractivity contribution in [3.05, 3.63) is 21.4 Å². The Hall–Kier alpha value is -0.810. The molecular formula is C10H11F3N2O3S2. The third-order valence-corrected chi connectivity index (χ3v) is 3.73. The summed E-state index contributed by atoms with van der Waals surface area (Å²) in [5.74, 6) is -0.902. The van der Waals surface area contributed by atoms with Gasteiger partial charge in [-0.1, -0.05) is 12.2 Å². The third-order valence-electron chi connectivity index (χ3n) is 3.12. The molecule has 0 bridgehead atoms. The fourth-order valence-corrected chi connectivity index (χ4v) is 2.49. The number of aliphatic hydroxyl groups is 2. The molecule has 2 heterocycles. The van der Waals surface area contributed by atoms with Crippen LogP contribution in [0.15, 0.2) is 6.20 Å². The molecule has 1 aliphatic rings. The summed E-state index contributed by atoms with van der Waals surface area (Å²) in [7, 11) is 0. The van der Waals surface area contributed by atoms with Crippen molar-refractivity contribution in [1.82, 2.24) is 9.55 Å². The lowest BCUT2D eigenvalue weighted by Crippen LogP contribution is -2.45. The summed E-state index contributed by atoms with van der Waals surface area (Å²) in [6, 6.07) is 0. The summed E-state index contributed by atoms with van der Waals surface area (Å²) >= 11 is 9.48. The van der Waals surface area contributed by atoms with Crippen LogP contribution in [0.4, 0.5) is 13.2 Å². The van der Waals surface area contributed by atoms with Crippen LogP contribution in [0, 0.1) is 15.2 Å². The highest BCUT2D eigenvalue weighted by Gasteiger charge is 2.58. The maximum atomic E-state index is 14.5. The van der Waals surface area contributed by atoms with Gasteiger partial charge in [0, 0.05) is 6.20 Å². The van der Waals surface area contributed by atoms with Crippen molar-refractivity contribution in [2.45, 2.75) is 24.1 Å². The third kappa shape index (κ3) is 2.31. The van der Waals surface area contributed by atoms with E-state index >= 15 is 0 Å². The monoisotopic (exact) mass is 328 g/mol. The number of H-pyrrole nitrogens is 1. The molecule has 0 radical (unpaired) electrons. The second kappa shape index (κ2) is 5.53. The van der Waals surface area contributed by atoms with Gasteiger partial charge in [-0.3, -0.25) is 4.57 Å². The smallest absolute Gasteiger partial charge is 0.212 e. The van der Waals surface area contributed by atoms with E-state index in [2.05, 4.69) is 17.2 Å². The zero-order valence-corrected chi connectivity index (χ0v) is 11.6. The highest BCUT2D eigenvalue weighted by molar-refractivity contribution is 7.72. The largest absolute Gasteiger partial charge is 0.394 e. The number of rotatable bonds is 3. The first-order chi connectivity index (χ1) is 9.35. The van der Waals surface area contributed by atoms with Crippen molar-refractivity contribution >= 4 is 24.4 Å². The molecule has 1 aromatic heterocycles. The van der Waals surface area contributed by atoms with Crippen molar-refractivity contribution in [3.8, 4) is 0 Å². The number of nitrogens with zero attached hydrogens (tertiary/aromatic N) is 1. The molecule has 0 aliphatic carbocycles. The fraction of sp³-hybridized carbons (Fsp3) is 0.600. The lowest BCUT2D eigenvalue weighted by atomic mass is 9.97. The molecule has 3 N–H and O–H groups in total. The van der Waals surface area contributed by atoms with E-state index in [1.165, 1.54) is 0 Å². The predicted octanol–water partition coefficient (Wildman–Crippen LogP) is 1.34. The average Bonchev–Trinajstić information content (AvgIpc) is 2.67. The second-order valence-corrected chi connectivity index (χ2v) is 5.15. The number of ether oxygens (including phenoxy) is 1. The highest BCUT2D eigenvalue weighted by Crippen LogP contribution is 2.42. The Balaban J connectivity index is 2.54. The van der Waals surface area contributed by atoms with Crippen LogP contribution in [0.5, 0.6) is 0 Å². The van der Waals surface area contributed by atoms with Gasteiger partial charge in [-0.2, -0.15) is 0 Å². The standard InChI is InChI=1S/C10H11F3N2O3S2/c11-3-10(13)6(17)5(2-16)18-8(10)15-1-4(12)7(19)14-9(15)20/h1,5-6,8,16-17H,2-3H2,(H,14,19,20)/t5-,6+,8-,10?/m1/s1.